The minimum Gasteiger partial charge on any atom is -0.433 e. The molecule has 10 heteroatoms. The molecular weight excluding hydrogens is 450 g/mol. The van der Waals surface area contributed by atoms with E-state index < -0.39 is 12.5 Å². The maximum absolute atomic E-state index is 12.9. The van der Waals surface area contributed by atoms with E-state index in [1.54, 1.807) is 26.1 Å². The number of ether oxygens (including phenoxy) is 1. The lowest BCUT2D eigenvalue weighted by Gasteiger charge is -2.20. The molecule has 2 aromatic heterocycles. The number of thiophene rings is 1. The summed E-state index contributed by atoms with van der Waals surface area (Å²) in [5.41, 5.74) is 2.80. The topological polar surface area (TPSA) is 95.3 Å². The van der Waals surface area contributed by atoms with Crippen molar-refractivity contribution >= 4 is 23.2 Å². The van der Waals surface area contributed by atoms with Gasteiger partial charge in [-0.3, -0.25) is 9.59 Å². The smallest absolute Gasteiger partial charge is 0.387 e. The number of aromatic nitrogens is 1. The molecule has 0 aliphatic heterocycles. The first-order valence-electron chi connectivity index (χ1n) is 9.79. The summed E-state index contributed by atoms with van der Waals surface area (Å²) in [4.78, 5) is 31.0. The van der Waals surface area contributed by atoms with E-state index in [0.29, 0.717) is 11.1 Å². The highest BCUT2D eigenvalue weighted by Gasteiger charge is 2.19. The Kier molecular flexibility index (Phi) is 7.69. The molecular formula is C23H20F2N4O3S. The van der Waals surface area contributed by atoms with Crippen molar-refractivity contribution in [3.8, 4) is 11.8 Å². The van der Waals surface area contributed by atoms with Crippen LogP contribution in [0.3, 0.4) is 0 Å². The van der Waals surface area contributed by atoms with Crippen LogP contribution in [0.1, 0.15) is 42.4 Å². The quantitative estimate of drug-likeness (QED) is 0.534. The molecule has 170 valence electrons. The van der Waals surface area contributed by atoms with Crippen molar-refractivity contribution in [1.82, 2.24) is 15.2 Å². The second kappa shape index (κ2) is 10.7. The summed E-state index contributed by atoms with van der Waals surface area (Å²) in [5.74, 6) is -1.00. The Morgan fingerprint density at radius 2 is 2.00 bits per heavy atom. The van der Waals surface area contributed by atoms with Gasteiger partial charge in [-0.1, -0.05) is 24.3 Å². The molecule has 2 heterocycles. The van der Waals surface area contributed by atoms with E-state index >= 15 is 0 Å². The van der Waals surface area contributed by atoms with E-state index in [2.05, 4.69) is 15.0 Å². The van der Waals surface area contributed by atoms with Crippen molar-refractivity contribution in [2.45, 2.75) is 26.6 Å². The van der Waals surface area contributed by atoms with Crippen LogP contribution in [0.5, 0.6) is 5.75 Å². The molecule has 0 spiro atoms. The molecule has 0 fully saturated rings. The normalized spacial score (nSPS) is 10.5. The summed E-state index contributed by atoms with van der Waals surface area (Å²) < 4.78 is 29.4. The van der Waals surface area contributed by atoms with Gasteiger partial charge in [0.05, 0.1) is 5.56 Å². The largest absolute Gasteiger partial charge is 0.433 e. The highest BCUT2D eigenvalue weighted by molar-refractivity contribution is 7.12. The Morgan fingerprint density at radius 3 is 2.67 bits per heavy atom. The van der Waals surface area contributed by atoms with E-state index in [9.17, 15) is 18.4 Å². The second-order valence-corrected chi connectivity index (χ2v) is 8.02. The van der Waals surface area contributed by atoms with Gasteiger partial charge in [0, 0.05) is 26.3 Å². The molecule has 7 nitrogen and oxygen atoms in total. The van der Waals surface area contributed by atoms with E-state index in [-0.39, 0.29) is 35.3 Å². The molecule has 33 heavy (non-hydrogen) atoms. The third-order valence-corrected chi connectivity index (χ3v) is 5.67. The van der Waals surface area contributed by atoms with Gasteiger partial charge in [0.2, 0.25) is 0 Å². The average Bonchev–Trinajstić information content (AvgIpc) is 3.25. The monoisotopic (exact) mass is 470 g/mol. The van der Waals surface area contributed by atoms with Crippen LogP contribution in [-0.2, 0) is 13.1 Å². The SMILES string of the molecule is Cc1cc(C#N)cnc1C(=O)N(C)Cc1ccccc1CNC(=O)c1sccc1OC(F)F. The first kappa shape index (κ1) is 23.8. The van der Waals surface area contributed by atoms with Crippen molar-refractivity contribution in [2.75, 3.05) is 7.05 Å². The molecule has 0 saturated carbocycles. The van der Waals surface area contributed by atoms with Gasteiger partial charge in [0.25, 0.3) is 11.8 Å². The first-order chi connectivity index (χ1) is 15.8. The molecule has 1 N–H and O–H groups in total. The predicted molar refractivity (Wildman–Crippen MR) is 118 cm³/mol. The first-order valence-corrected chi connectivity index (χ1v) is 10.7. The molecule has 2 amide bonds. The third kappa shape index (κ3) is 5.90. The molecule has 3 aromatic rings. The van der Waals surface area contributed by atoms with Crippen molar-refractivity contribution in [3.05, 3.63) is 80.8 Å². The fourth-order valence-electron chi connectivity index (χ4n) is 3.16. The van der Waals surface area contributed by atoms with Crippen LogP contribution < -0.4 is 10.1 Å². The fraction of sp³-hybridized carbons (Fsp3) is 0.217. The Hall–Kier alpha value is -3.84. The van der Waals surface area contributed by atoms with Gasteiger partial charge in [-0.25, -0.2) is 4.98 Å². The maximum Gasteiger partial charge on any atom is 0.387 e. The lowest BCUT2D eigenvalue weighted by atomic mass is 10.1. The lowest BCUT2D eigenvalue weighted by molar-refractivity contribution is -0.0498. The molecule has 0 radical (unpaired) electrons. The number of carbonyl (C=O) groups is 2. The Labute approximate surface area is 193 Å². The molecule has 0 unspecified atom stereocenters. The zero-order chi connectivity index (χ0) is 24.0. The zero-order valence-corrected chi connectivity index (χ0v) is 18.7. The van der Waals surface area contributed by atoms with Crippen molar-refractivity contribution < 1.29 is 23.1 Å². The molecule has 0 saturated heterocycles. The number of carbonyl (C=O) groups excluding carboxylic acids is 2. The number of benzene rings is 1. The number of amides is 2. The van der Waals surface area contributed by atoms with E-state index in [4.69, 9.17) is 5.26 Å². The number of nitrogens with one attached hydrogen (secondary N) is 1. The third-order valence-electron chi connectivity index (χ3n) is 4.77. The number of rotatable bonds is 8. The summed E-state index contributed by atoms with van der Waals surface area (Å²) in [6.45, 7) is -0.911. The van der Waals surface area contributed by atoms with Gasteiger partial charge < -0.3 is 15.0 Å². The molecule has 1 aromatic carbocycles. The molecule has 3 rings (SSSR count). The summed E-state index contributed by atoms with van der Waals surface area (Å²) in [6.07, 6.45) is 1.36. The lowest BCUT2D eigenvalue weighted by Crippen LogP contribution is -2.29. The van der Waals surface area contributed by atoms with Crippen LogP contribution >= 0.6 is 11.3 Å². The molecule has 0 atom stereocenters. The average molecular weight is 471 g/mol. The number of nitrogens with zero attached hydrogens (tertiary/aromatic N) is 3. The van der Waals surface area contributed by atoms with Gasteiger partial charge in [-0.15, -0.1) is 11.3 Å². The van der Waals surface area contributed by atoms with Crippen LogP contribution in [-0.4, -0.2) is 35.4 Å². The van der Waals surface area contributed by atoms with Gasteiger partial charge >= 0.3 is 6.61 Å². The minimum atomic E-state index is -3.02. The van der Waals surface area contributed by atoms with Crippen LogP contribution in [0.25, 0.3) is 0 Å². The number of halogens is 2. The molecule has 0 aliphatic carbocycles. The second-order valence-electron chi connectivity index (χ2n) is 7.11. The van der Waals surface area contributed by atoms with E-state index in [0.717, 1.165) is 22.5 Å². The standard InChI is InChI=1S/C23H20F2N4O3S/c1-14-9-15(10-26)11-27-19(14)22(31)29(2)13-17-6-4-3-5-16(17)12-28-21(30)20-18(7-8-33-20)32-23(24)25/h3-9,11,23H,12-13H2,1-2H3,(H,28,30). The van der Waals surface area contributed by atoms with Crippen molar-refractivity contribution in [3.63, 3.8) is 0 Å². The van der Waals surface area contributed by atoms with Gasteiger partial charge in [0.15, 0.2) is 0 Å². The highest BCUT2D eigenvalue weighted by atomic mass is 32.1. The van der Waals surface area contributed by atoms with Crippen LogP contribution in [0.2, 0.25) is 0 Å². The summed E-state index contributed by atoms with van der Waals surface area (Å²) in [7, 11) is 1.64. The van der Waals surface area contributed by atoms with Gasteiger partial charge in [0.1, 0.15) is 22.4 Å². The van der Waals surface area contributed by atoms with Gasteiger partial charge in [-0.2, -0.15) is 14.0 Å². The van der Waals surface area contributed by atoms with Gasteiger partial charge in [-0.05, 0) is 41.1 Å². The predicted octanol–water partition coefficient (Wildman–Crippen LogP) is 4.13. The van der Waals surface area contributed by atoms with Crippen LogP contribution in [0, 0.1) is 18.3 Å². The summed E-state index contributed by atoms with van der Waals surface area (Å²) in [6, 6.07) is 12.2. The maximum atomic E-state index is 12.9. The summed E-state index contributed by atoms with van der Waals surface area (Å²) in [5, 5.41) is 13.2. The number of nitriles is 1. The Bertz CT molecular complexity index is 1210. The van der Waals surface area contributed by atoms with Crippen molar-refractivity contribution in [2.24, 2.45) is 0 Å². The number of hydrogen-bond donors (Lipinski definition) is 1. The van der Waals surface area contributed by atoms with E-state index in [1.807, 2.05) is 24.3 Å². The zero-order valence-electron chi connectivity index (χ0n) is 17.8. The minimum absolute atomic E-state index is 0.0578. The Balaban J connectivity index is 1.69. The fourth-order valence-corrected chi connectivity index (χ4v) is 3.90. The number of aryl methyl sites for hydroxylation is 1. The van der Waals surface area contributed by atoms with Crippen LogP contribution in [0.15, 0.2) is 48.0 Å². The number of pyridine rings is 1. The van der Waals surface area contributed by atoms with E-state index in [1.165, 1.54) is 22.5 Å². The number of alkyl halides is 2. The number of hydrogen-bond acceptors (Lipinski definition) is 6. The Morgan fingerprint density at radius 1 is 1.27 bits per heavy atom. The highest BCUT2D eigenvalue weighted by Crippen LogP contribution is 2.26. The van der Waals surface area contributed by atoms with Crippen LogP contribution in [0.4, 0.5) is 8.78 Å². The summed E-state index contributed by atoms with van der Waals surface area (Å²) >= 11 is 1.00. The van der Waals surface area contributed by atoms with Crippen molar-refractivity contribution in [1.29, 1.82) is 5.26 Å². The molecule has 0 aliphatic rings. The molecule has 0 bridgehead atoms.